The monoisotopic (exact) mass is 401 g/mol. The molecule has 0 aliphatic heterocycles. The fourth-order valence-corrected chi connectivity index (χ4v) is 2.96. The highest BCUT2D eigenvalue weighted by Crippen LogP contribution is 2.21. The summed E-state index contributed by atoms with van der Waals surface area (Å²) in [6.45, 7) is 1.59. The first-order chi connectivity index (χ1) is 14.7. The van der Waals surface area contributed by atoms with E-state index >= 15 is 0 Å². The van der Waals surface area contributed by atoms with Gasteiger partial charge in [0.05, 0.1) is 6.54 Å². The second-order valence-electron chi connectivity index (χ2n) is 6.94. The average molecular weight is 401 g/mol. The molecule has 6 heteroatoms. The molecule has 0 saturated carbocycles. The number of rotatable bonds is 9. The molecule has 0 radical (unpaired) electrons. The van der Waals surface area contributed by atoms with E-state index in [0.29, 0.717) is 18.3 Å². The minimum Gasteiger partial charge on any atom is -0.485 e. The number of hydrogen-bond acceptors (Lipinski definition) is 6. The molecule has 0 unspecified atom stereocenters. The van der Waals surface area contributed by atoms with Gasteiger partial charge >= 0.3 is 0 Å². The van der Waals surface area contributed by atoms with Gasteiger partial charge in [0.2, 0.25) is 11.7 Å². The van der Waals surface area contributed by atoms with Crippen molar-refractivity contribution >= 4 is 0 Å². The molecule has 0 bridgehead atoms. The van der Waals surface area contributed by atoms with Crippen molar-refractivity contribution in [1.29, 1.82) is 0 Å². The van der Waals surface area contributed by atoms with Crippen LogP contribution < -0.4 is 9.47 Å². The predicted molar refractivity (Wildman–Crippen MR) is 113 cm³/mol. The normalized spacial score (nSPS) is 10.9. The van der Waals surface area contributed by atoms with Gasteiger partial charge in [0, 0.05) is 6.54 Å². The van der Waals surface area contributed by atoms with E-state index in [1.807, 2.05) is 79.8 Å². The Morgan fingerprint density at radius 3 is 2.10 bits per heavy atom. The van der Waals surface area contributed by atoms with Crippen LogP contribution in [0.1, 0.15) is 17.3 Å². The van der Waals surface area contributed by atoms with Crippen molar-refractivity contribution in [2.75, 3.05) is 7.05 Å². The summed E-state index contributed by atoms with van der Waals surface area (Å²) < 4.78 is 16.8. The van der Waals surface area contributed by atoms with Gasteiger partial charge in [0.15, 0.2) is 6.61 Å². The summed E-state index contributed by atoms with van der Waals surface area (Å²) >= 11 is 0. The number of aromatic nitrogens is 2. The zero-order valence-corrected chi connectivity index (χ0v) is 16.8. The molecule has 1 aromatic heterocycles. The van der Waals surface area contributed by atoms with Crippen molar-refractivity contribution in [3.8, 4) is 17.2 Å². The lowest BCUT2D eigenvalue weighted by atomic mass is 10.2. The zero-order chi connectivity index (χ0) is 20.6. The molecule has 0 amide bonds. The van der Waals surface area contributed by atoms with Crippen molar-refractivity contribution < 1.29 is 14.0 Å². The molecular formula is C24H23N3O3. The second-order valence-corrected chi connectivity index (χ2v) is 6.94. The molecule has 1 heterocycles. The molecule has 0 spiro atoms. The lowest BCUT2D eigenvalue weighted by molar-refractivity contribution is 0.256. The summed E-state index contributed by atoms with van der Waals surface area (Å²) in [4.78, 5) is 6.52. The Labute approximate surface area is 175 Å². The third kappa shape index (κ3) is 5.68. The van der Waals surface area contributed by atoms with Gasteiger partial charge in [-0.25, -0.2) is 0 Å². The Kier molecular flexibility index (Phi) is 6.37. The number of para-hydroxylation sites is 2. The first-order valence-electron chi connectivity index (χ1n) is 9.74. The maximum Gasteiger partial charge on any atom is 0.240 e. The van der Waals surface area contributed by atoms with Crippen LogP contribution in [-0.2, 0) is 19.7 Å². The van der Waals surface area contributed by atoms with Crippen LogP contribution in [0.2, 0.25) is 0 Å². The molecule has 4 rings (SSSR count). The SMILES string of the molecule is CN(Cc1ccc(Oc2ccccc2)cc1)Cc1nc(COc2ccccc2)no1. The van der Waals surface area contributed by atoms with Gasteiger partial charge in [-0.2, -0.15) is 4.98 Å². The Hall–Kier alpha value is -3.64. The number of benzene rings is 3. The van der Waals surface area contributed by atoms with Crippen LogP contribution in [0.4, 0.5) is 0 Å². The van der Waals surface area contributed by atoms with Gasteiger partial charge in [-0.05, 0) is 49.0 Å². The van der Waals surface area contributed by atoms with E-state index in [2.05, 4.69) is 27.2 Å². The van der Waals surface area contributed by atoms with Crippen LogP contribution in [0.3, 0.4) is 0 Å². The van der Waals surface area contributed by atoms with E-state index in [0.717, 1.165) is 23.8 Å². The van der Waals surface area contributed by atoms with Crippen molar-refractivity contribution in [2.24, 2.45) is 0 Å². The van der Waals surface area contributed by atoms with E-state index in [1.54, 1.807) is 0 Å². The summed E-state index contributed by atoms with van der Waals surface area (Å²) in [7, 11) is 2.01. The van der Waals surface area contributed by atoms with Crippen LogP contribution in [0.25, 0.3) is 0 Å². The Morgan fingerprint density at radius 1 is 0.767 bits per heavy atom. The van der Waals surface area contributed by atoms with Crippen molar-refractivity contribution in [1.82, 2.24) is 15.0 Å². The first kappa shape index (κ1) is 19.7. The van der Waals surface area contributed by atoms with Crippen LogP contribution in [0.5, 0.6) is 17.2 Å². The molecule has 6 nitrogen and oxygen atoms in total. The van der Waals surface area contributed by atoms with E-state index in [-0.39, 0.29) is 6.61 Å². The highest BCUT2D eigenvalue weighted by atomic mass is 16.5. The molecule has 0 saturated heterocycles. The molecule has 0 aliphatic rings. The van der Waals surface area contributed by atoms with Gasteiger partial charge < -0.3 is 14.0 Å². The number of hydrogen-bond donors (Lipinski definition) is 0. The highest BCUT2D eigenvalue weighted by molar-refractivity contribution is 5.33. The molecule has 4 aromatic rings. The first-order valence-corrected chi connectivity index (χ1v) is 9.74. The predicted octanol–water partition coefficient (Wildman–Crippen LogP) is 5.07. The number of ether oxygens (including phenoxy) is 2. The molecule has 0 aliphatic carbocycles. The highest BCUT2D eigenvalue weighted by Gasteiger charge is 2.10. The van der Waals surface area contributed by atoms with Crippen molar-refractivity contribution in [3.63, 3.8) is 0 Å². The van der Waals surface area contributed by atoms with E-state index in [4.69, 9.17) is 14.0 Å². The van der Waals surface area contributed by atoms with Gasteiger partial charge in [-0.1, -0.05) is 53.7 Å². The third-order valence-electron chi connectivity index (χ3n) is 4.38. The summed E-state index contributed by atoms with van der Waals surface area (Å²) in [5.74, 6) is 3.51. The maximum atomic E-state index is 5.83. The zero-order valence-electron chi connectivity index (χ0n) is 16.8. The van der Waals surface area contributed by atoms with Crippen LogP contribution in [0.15, 0.2) is 89.5 Å². The quantitative estimate of drug-likeness (QED) is 0.390. The number of nitrogens with zero attached hydrogens (tertiary/aromatic N) is 3. The van der Waals surface area contributed by atoms with Crippen LogP contribution >= 0.6 is 0 Å². The minimum atomic E-state index is 0.278. The molecule has 0 N–H and O–H groups in total. The molecule has 3 aromatic carbocycles. The molecule has 0 fully saturated rings. The van der Waals surface area contributed by atoms with E-state index in [1.165, 1.54) is 5.56 Å². The van der Waals surface area contributed by atoms with E-state index < -0.39 is 0 Å². The second kappa shape index (κ2) is 9.71. The Bertz CT molecular complexity index is 1030. The molecule has 0 atom stereocenters. The van der Waals surface area contributed by atoms with Crippen molar-refractivity contribution in [3.05, 3.63) is 102 Å². The lowest BCUT2D eigenvalue weighted by Crippen LogP contribution is -2.17. The van der Waals surface area contributed by atoms with Crippen LogP contribution in [-0.4, -0.2) is 22.1 Å². The lowest BCUT2D eigenvalue weighted by Gasteiger charge is -2.14. The summed E-state index contributed by atoms with van der Waals surface area (Å²) in [5.41, 5.74) is 1.17. The van der Waals surface area contributed by atoms with Gasteiger partial charge in [-0.3, -0.25) is 4.90 Å². The third-order valence-corrected chi connectivity index (χ3v) is 4.38. The standard InChI is InChI=1S/C24H23N3O3/c1-27(16-19-12-14-22(15-13-19)29-21-10-6-3-7-11-21)17-24-25-23(26-30-24)18-28-20-8-4-2-5-9-20/h2-15H,16-18H2,1H3. The smallest absolute Gasteiger partial charge is 0.240 e. The van der Waals surface area contributed by atoms with Gasteiger partial charge in [-0.15, -0.1) is 0 Å². The molecular weight excluding hydrogens is 378 g/mol. The average Bonchev–Trinajstić information content (AvgIpc) is 3.22. The fraction of sp³-hybridized carbons (Fsp3) is 0.167. The molecule has 152 valence electrons. The Balaban J connectivity index is 1.26. The van der Waals surface area contributed by atoms with Crippen molar-refractivity contribution in [2.45, 2.75) is 19.7 Å². The van der Waals surface area contributed by atoms with E-state index in [9.17, 15) is 0 Å². The van der Waals surface area contributed by atoms with Gasteiger partial charge in [0.1, 0.15) is 17.2 Å². The topological polar surface area (TPSA) is 60.6 Å². The largest absolute Gasteiger partial charge is 0.485 e. The fourth-order valence-electron chi connectivity index (χ4n) is 2.96. The minimum absolute atomic E-state index is 0.278. The van der Waals surface area contributed by atoms with Gasteiger partial charge in [0.25, 0.3) is 0 Å². The summed E-state index contributed by atoms with van der Waals surface area (Å²) in [5, 5.41) is 3.99. The Morgan fingerprint density at radius 2 is 1.40 bits per heavy atom. The summed E-state index contributed by atoms with van der Waals surface area (Å²) in [6, 6.07) is 27.4. The van der Waals surface area contributed by atoms with Crippen LogP contribution in [0, 0.1) is 0 Å². The maximum absolute atomic E-state index is 5.83. The molecule has 30 heavy (non-hydrogen) atoms. The summed E-state index contributed by atoms with van der Waals surface area (Å²) in [6.07, 6.45) is 0.